The zero-order valence-corrected chi connectivity index (χ0v) is 15.7. The molecule has 28 heavy (non-hydrogen) atoms. The zero-order chi connectivity index (χ0) is 18.9. The lowest BCUT2D eigenvalue weighted by Crippen LogP contribution is -1.89. The van der Waals surface area contributed by atoms with Crippen LogP contribution in [0.4, 0.5) is 0 Å². The van der Waals surface area contributed by atoms with E-state index in [9.17, 15) is 0 Å². The predicted molar refractivity (Wildman–Crippen MR) is 106 cm³/mol. The number of fused-ring (bicyclic) bond motifs is 1. The summed E-state index contributed by atoms with van der Waals surface area (Å²) >= 11 is 1.38. The van der Waals surface area contributed by atoms with Gasteiger partial charge in [-0.15, -0.1) is 10.2 Å². The lowest BCUT2D eigenvalue weighted by molar-refractivity contribution is 0.379. The lowest BCUT2D eigenvalue weighted by Gasteiger charge is -2.00. The molecule has 3 aromatic heterocycles. The monoisotopic (exact) mass is 389 g/mol. The Hall–Kier alpha value is -3.39. The minimum atomic E-state index is -0.124. The second kappa shape index (κ2) is 6.97. The number of aromatic amines is 1. The normalized spacial score (nSPS) is 12.5. The molecule has 0 spiro atoms. The Kier molecular flexibility index (Phi) is 4.17. The van der Waals surface area contributed by atoms with Crippen LogP contribution in [-0.2, 0) is 0 Å². The van der Waals surface area contributed by atoms with Gasteiger partial charge in [-0.1, -0.05) is 65.4 Å². The van der Waals surface area contributed by atoms with Gasteiger partial charge in [-0.25, -0.2) is 0 Å². The van der Waals surface area contributed by atoms with Gasteiger partial charge in [-0.05, 0) is 13.0 Å². The predicted octanol–water partition coefficient (Wildman–Crippen LogP) is 5.12. The van der Waals surface area contributed by atoms with Gasteiger partial charge < -0.3 is 13.9 Å². The van der Waals surface area contributed by atoms with E-state index in [0.29, 0.717) is 22.8 Å². The zero-order valence-electron chi connectivity index (χ0n) is 14.9. The minimum absolute atomic E-state index is 0.124. The van der Waals surface area contributed by atoms with Crippen LogP contribution in [0, 0.1) is 0 Å². The molecule has 0 bridgehead atoms. The van der Waals surface area contributed by atoms with Crippen molar-refractivity contribution in [1.29, 1.82) is 0 Å². The maximum Gasteiger partial charge on any atom is 0.277 e. The molecule has 0 saturated carbocycles. The number of rotatable bonds is 5. The van der Waals surface area contributed by atoms with E-state index in [4.69, 9.17) is 8.94 Å². The summed E-state index contributed by atoms with van der Waals surface area (Å²) < 4.78 is 11.3. The van der Waals surface area contributed by atoms with E-state index in [1.165, 1.54) is 11.8 Å². The number of nitrogens with zero attached hydrogens (tertiary/aromatic N) is 4. The third-order valence-corrected chi connectivity index (χ3v) is 5.25. The van der Waals surface area contributed by atoms with Crippen LogP contribution < -0.4 is 0 Å². The number of nitrogens with one attached hydrogen (secondary N) is 1. The highest BCUT2D eigenvalue weighted by Crippen LogP contribution is 2.36. The first-order chi connectivity index (χ1) is 13.8. The van der Waals surface area contributed by atoms with Gasteiger partial charge in [0.15, 0.2) is 0 Å². The summed E-state index contributed by atoms with van der Waals surface area (Å²) in [6.07, 6.45) is 1.88. The van der Waals surface area contributed by atoms with Gasteiger partial charge >= 0.3 is 0 Å². The van der Waals surface area contributed by atoms with Crippen molar-refractivity contribution in [3.8, 4) is 22.8 Å². The summed E-state index contributed by atoms with van der Waals surface area (Å²) in [4.78, 5) is 7.69. The summed E-state index contributed by atoms with van der Waals surface area (Å²) in [5.41, 5.74) is 2.82. The molecule has 0 aliphatic carbocycles. The standard InChI is InChI=1S/C20H15N5O2S/c1-12(18-22-17(25-27-18)13-7-3-2-4-8-13)28-20-24-23-19(26-20)15-11-21-16-10-6-5-9-14(15)16/h2-12,21H,1H3. The number of benzene rings is 2. The summed E-state index contributed by atoms with van der Waals surface area (Å²) in [6.45, 7) is 1.96. The molecule has 0 saturated heterocycles. The van der Waals surface area contributed by atoms with Crippen LogP contribution in [0.5, 0.6) is 0 Å². The molecule has 138 valence electrons. The van der Waals surface area contributed by atoms with E-state index in [1.807, 2.05) is 67.7 Å². The number of hydrogen-bond donors (Lipinski definition) is 1. The molecule has 0 amide bonds. The summed E-state index contributed by atoms with van der Waals surface area (Å²) in [7, 11) is 0. The Morgan fingerprint density at radius 2 is 1.82 bits per heavy atom. The summed E-state index contributed by atoms with van der Waals surface area (Å²) in [5, 5.41) is 13.8. The van der Waals surface area contributed by atoms with Crippen molar-refractivity contribution in [2.45, 2.75) is 17.4 Å². The summed E-state index contributed by atoms with van der Waals surface area (Å²) in [6, 6.07) is 17.7. The van der Waals surface area contributed by atoms with Crippen molar-refractivity contribution in [2.24, 2.45) is 0 Å². The van der Waals surface area contributed by atoms with E-state index < -0.39 is 0 Å². The molecule has 1 unspecified atom stereocenters. The Balaban J connectivity index is 1.35. The average Bonchev–Trinajstić information content (AvgIpc) is 3.47. The largest absolute Gasteiger partial charge is 0.411 e. The number of thioether (sulfide) groups is 1. The Bertz CT molecular complexity index is 1230. The molecule has 0 aliphatic heterocycles. The van der Waals surface area contributed by atoms with Crippen molar-refractivity contribution in [2.75, 3.05) is 0 Å². The van der Waals surface area contributed by atoms with E-state index in [1.54, 1.807) is 0 Å². The number of para-hydroxylation sites is 1. The van der Waals surface area contributed by atoms with Crippen LogP contribution in [0.3, 0.4) is 0 Å². The van der Waals surface area contributed by atoms with Gasteiger partial charge in [0, 0.05) is 22.7 Å². The highest BCUT2D eigenvalue weighted by molar-refractivity contribution is 7.99. The molecular weight excluding hydrogens is 374 g/mol. The second-order valence-electron chi connectivity index (χ2n) is 6.20. The fraction of sp³-hybridized carbons (Fsp3) is 0.100. The van der Waals surface area contributed by atoms with E-state index in [2.05, 4.69) is 25.3 Å². The molecule has 0 radical (unpaired) electrons. The highest BCUT2D eigenvalue weighted by atomic mass is 32.2. The minimum Gasteiger partial charge on any atom is -0.411 e. The van der Waals surface area contributed by atoms with Crippen LogP contribution in [0.15, 0.2) is 75.0 Å². The number of hydrogen-bond acceptors (Lipinski definition) is 7. The van der Waals surface area contributed by atoms with E-state index >= 15 is 0 Å². The molecule has 1 atom stereocenters. The molecule has 7 nitrogen and oxygen atoms in total. The van der Waals surface area contributed by atoms with Gasteiger partial charge in [0.05, 0.1) is 10.8 Å². The van der Waals surface area contributed by atoms with Crippen LogP contribution in [-0.4, -0.2) is 25.3 Å². The first-order valence-electron chi connectivity index (χ1n) is 8.73. The fourth-order valence-corrected chi connectivity index (χ4v) is 3.64. The lowest BCUT2D eigenvalue weighted by atomic mass is 10.2. The van der Waals surface area contributed by atoms with Gasteiger partial charge in [0.2, 0.25) is 11.7 Å². The van der Waals surface area contributed by atoms with Crippen molar-refractivity contribution >= 4 is 22.7 Å². The smallest absolute Gasteiger partial charge is 0.277 e. The third-order valence-electron chi connectivity index (χ3n) is 4.33. The topological polar surface area (TPSA) is 93.6 Å². The van der Waals surface area contributed by atoms with Crippen molar-refractivity contribution in [3.63, 3.8) is 0 Å². The second-order valence-corrected chi connectivity index (χ2v) is 7.50. The van der Waals surface area contributed by atoms with Crippen LogP contribution in [0.25, 0.3) is 33.7 Å². The quantitative estimate of drug-likeness (QED) is 0.417. The number of aromatic nitrogens is 5. The van der Waals surface area contributed by atoms with Crippen LogP contribution in [0.2, 0.25) is 0 Å². The van der Waals surface area contributed by atoms with Gasteiger partial charge in [-0.3, -0.25) is 0 Å². The Morgan fingerprint density at radius 3 is 2.71 bits per heavy atom. The fourth-order valence-electron chi connectivity index (χ4n) is 2.92. The molecular formula is C20H15N5O2S. The first kappa shape index (κ1) is 16.8. The SMILES string of the molecule is CC(Sc1nnc(-c2c[nH]c3ccccc23)o1)c1nc(-c2ccccc2)no1. The molecule has 3 heterocycles. The molecule has 8 heteroatoms. The van der Waals surface area contributed by atoms with E-state index in [-0.39, 0.29) is 5.25 Å². The average molecular weight is 389 g/mol. The third kappa shape index (κ3) is 3.07. The Morgan fingerprint density at radius 1 is 1.00 bits per heavy atom. The molecule has 5 rings (SSSR count). The molecule has 5 aromatic rings. The first-order valence-corrected chi connectivity index (χ1v) is 9.61. The highest BCUT2D eigenvalue weighted by Gasteiger charge is 2.20. The maximum atomic E-state index is 5.85. The van der Waals surface area contributed by atoms with Crippen molar-refractivity contribution < 1.29 is 8.94 Å². The van der Waals surface area contributed by atoms with Crippen LogP contribution in [0.1, 0.15) is 18.1 Å². The molecule has 0 aliphatic rings. The number of H-pyrrole nitrogens is 1. The van der Waals surface area contributed by atoms with Gasteiger partial charge in [-0.2, -0.15) is 4.98 Å². The van der Waals surface area contributed by atoms with Crippen LogP contribution >= 0.6 is 11.8 Å². The maximum absolute atomic E-state index is 5.85. The van der Waals surface area contributed by atoms with Gasteiger partial charge in [0.1, 0.15) is 0 Å². The molecule has 0 fully saturated rings. The molecule has 2 aromatic carbocycles. The van der Waals surface area contributed by atoms with Crippen molar-refractivity contribution in [1.82, 2.24) is 25.3 Å². The Labute approximate surface area is 164 Å². The van der Waals surface area contributed by atoms with E-state index in [0.717, 1.165) is 22.0 Å². The van der Waals surface area contributed by atoms with Crippen molar-refractivity contribution in [3.05, 3.63) is 66.7 Å². The molecule has 1 N–H and O–H groups in total. The summed E-state index contributed by atoms with van der Waals surface area (Å²) in [5.74, 6) is 1.55. The van der Waals surface area contributed by atoms with Gasteiger partial charge in [0.25, 0.3) is 11.1 Å².